The number of carbonyl (C=O) groups excluding carboxylic acids is 1. The minimum Gasteiger partial charge on any atom is -0.299 e. The molecule has 26 heavy (non-hydrogen) atoms. The van der Waals surface area contributed by atoms with Gasteiger partial charge in [-0.05, 0) is 49.4 Å². The lowest BCUT2D eigenvalue weighted by Crippen LogP contribution is -2.33. The zero-order valence-electron chi connectivity index (χ0n) is 15.4. The van der Waals surface area contributed by atoms with Gasteiger partial charge < -0.3 is 0 Å². The summed E-state index contributed by atoms with van der Waals surface area (Å²) >= 11 is 3.10. The Morgan fingerprint density at radius 3 is 2.88 bits per heavy atom. The van der Waals surface area contributed by atoms with Gasteiger partial charge in [0.05, 0.1) is 0 Å². The Kier molecular flexibility index (Phi) is 7.05. The molecule has 7 heteroatoms. The van der Waals surface area contributed by atoms with Crippen LogP contribution in [0.1, 0.15) is 49.0 Å². The van der Waals surface area contributed by atoms with E-state index in [0.29, 0.717) is 10.7 Å². The lowest BCUT2D eigenvalue weighted by atomic mass is 9.99. The van der Waals surface area contributed by atoms with Crippen molar-refractivity contribution in [2.24, 2.45) is 5.92 Å². The topological polar surface area (TPSA) is 58.1 Å². The Morgan fingerprint density at radius 1 is 1.35 bits per heavy atom. The smallest absolute Gasteiger partial charge is 0.257 e. The van der Waals surface area contributed by atoms with Gasteiger partial charge in [-0.3, -0.25) is 15.0 Å². The van der Waals surface area contributed by atoms with Crippen LogP contribution >= 0.6 is 23.1 Å². The minimum absolute atomic E-state index is 0.133. The molecule has 1 N–H and O–H groups in total. The van der Waals surface area contributed by atoms with Gasteiger partial charge in [-0.25, -0.2) is 0 Å². The van der Waals surface area contributed by atoms with Crippen molar-refractivity contribution in [2.45, 2.75) is 44.0 Å². The Bertz CT molecular complexity index is 717. The number of piperidine rings is 1. The number of nitrogens with one attached hydrogen (secondary N) is 1. The van der Waals surface area contributed by atoms with E-state index in [1.807, 2.05) is 12.1 Å². The van der Waals surface area contributed by atoms with Crippen molar-refractivity contribution >= 4 is 34.1 Å². The van der Waals surface area contributed by atoms with E-state index in [2.05, 4.69) is 46.4 Å². The fourth-order valence-electron chi connectivity index (χ4n) is 3.13. The van der Waals surface area contributed by atoms with Gasteiger partial charge in [0.15, 0.2) is 4.34 Å². The average Bonchev–Trinajstić information content (AvgIpc) is 3.08. The number of hydrogen-bond donors (Lipinski definition) is 1. The van der Waals surface area contributed by atoms with Crippen LogP contribution in [0.4, 0.5) is 5.13 Å². The summed E-state index contributed by atoms with van der Waals surface area (Å²) in [5, 5.41) is 11.5. The molecule has 5 nitrogen and oxygen atoms in total. The molecule has 0 spiro atoms. The highest BCUT2D eigenvalue weighted by molar-refractivity contribution is 8.01. The van der Waals surface area contributed by atoms with Crippen molar-refractivity contribution in [1.29, 1.82) is 0 Å². The number of hydrogen-bond acceptors (Lipinski definition) is 6. The monoisotopic (exact) mass is 390 g/mol. The van der Waals surface area contributed by atoms with Crippen LogP contribution in [0.15, 0.2) is 28.6 Å². The van der Waals surface area contributed by atoms with Crippen molar-refractivity contribution in [3.8, 4) is 0 Å². The van der Waals surface area contributed by atoms with E-state index in [9.17, 15) is 4.79 Å². The van der Waals surface area contributed by atoms with E-state index in [-0.39, 0.29) is 5.91 Å². The Hall–Kier alpha value is -1.44. The van der Waals surface area contributed by atoms with Gasteiger partial charge in [0.1, 0.15) is 0 Å². The van der Waals surface area contributed by atoms with Gasteiger partial charge in [0.25, 0.3) is 5.91 Å². The SMILES string of the molecule is CCCSc1nnc(NC(=O)c2ccc(CN3CCCC(C)C3)cc2)s1. The quantitative estimate of drug-likeness (QED) is 0.556. The lowest BCUT2D eigenvalue weighted by Gasteiger charge is -2.30. The summed E-state index contributed by atoms with van der Waals surface area (Å²) in [4.78, 5) is 14.9. The molecular formula is C19H26N4OS2. The molecule has 0 saturated carbocycles. The van der Waals surface area contributed by atoms with Gasteiger partial charge in [-0.15, -0.1) is 10.2 Å². The second kappa shape index (κ2) is 9.48. The van der Waals surface area contributed by atoms with Crippen LogP contribution < -0.4 is 5.32 Å². The molecular weight excluding hydrogens is 364 g/mol. The Labute approximate surface area is 163 Å². The number of thioether (sulfide) groups is 1. The summed E-state index contributed by atoms with van der Waals surface area (Å²) in [6.45, 7) is 7.74. The Balaban J connectivity index is 1.54. The minimum atomic E-state index is -0.133. The van der Waals surface area contributed by atoms with Crippen LogP contribution in [0.3, 0.4) is 0 Å². The summed E-state index contributed by atoms with van der Waals surface area (Å²) in [5.74, 6) is 1.66. The van der Waals surface area contributed by atoms with Crippen LogP contribution in [0, 0.1) is 5.92 Å². The lowest BCUT2D eigenvalue weighted by molar-refractivity contribution is 0.102. The molecule has 0 bridgehead atoms. The number of likely N-dealkylation sites (tertiary alicyclic amines) is 1. The maximum absolute atomic E-state index is 12.4. The first-order valence-electron chi connectivity index (χ1n) is 9.23. The van der Waals surface area contributed by atoms with E-state index in [4.69, 9.17) is 0 Å². The van der Waals surface area contributed by atoms with E-state index < -0.39 is 0 Å². The molecule has 1 aromatic carbocycles. The van der Waals surface area contributed by atoms with Crippen molar-refractivity contribution in [1.82, 2.24) is 15.1 Å². The summed E-state index contributed by atoms with van der Waals surface area (Å²) in [6.07, 6.45) is 3.70. The molecule has 140 valence electrons. The summed E-state index contributed by atoms with van der Waals surface area (Å²) < 4.78 is 0.897. The molecule has 1 aromatic heterocycles. The molecule has 2 aromatic rings. The Morgan fingerprint density at radius 2 is 2.15 bits per heavy atom. The maximum Gasteiger partial charge on any atom is 0.257 e. The van der Waals surface area contributed by atoms with Crippen molar-refractivity contribution in [3.05, 3.63) is 35.4 Å². The molecule has 0 radical (unpaired) electrons. The highest BCUT2D eigenvalue weighted by Crippen LogP contribution is 2.26. The fourth-order valence-corrected chi connectivity index (χ4v) is 4.80. The summed E-state index contributed by atoms with van der Waals surface area (Å²) in [6, 6.07) is 7.89. The zero-order valence-corrected chi connectivity index (χ0v) is 17.0. The molecule has 1 saturated heterocycles. The van der Waals surface area contributed by atoms with E-state index in [1.165, 1.54) is 36.3 Å². The number of anilines is 1. The molecule has 1 aliphatic rings. The first-order chi connectivity index (χ1) is 12.6. The third kappa shape index (κ3) is 5.53. The van der Waals surface area contributed by atoms with Crippen LogP contribution in [0.25, 0.3) is 0 Å². The molecule has 1 unspecified atom stereocenters. The molecule has 2 heterocycles. The standard InChI is InChI=1S/C19H26N4OS2/c1-3-11-25-19-22-21-18(26-19)20-17(24)16-8-6-15(7-9-16)13-23-10-4-5-14(2)12-23/h6-9,14H,3-5,10-13H2,1-2H3,(H,20,21,24). The van der Waals surface area contributed by atoms with Gasteiger partial charge >= 0.3 is 0 Å². The third-order valence-electron chi connectivity index (χ3n) is 4.42. The normalized spacial score (nSPS) is 18.0. The molecule has 1 amide bonds. The van der Waals surface area contributed by atoms with Gasteiger partial charge in [0.2, 0.25) is 5.13 Å². The predicted octanol–water partition coefficient (Wildman–Crippen LogP) is 4.52. The van der Waals surface area contributed by atoms with Crippen molar-refractivity contribution in [3.63, 3.8) is 0 Å². The summed E-state index contributed by atoms with van der Waals surface area (Å²) in [5.41, 5.74) is 1.91. The number of aromatic nitrogens is 2. The first-order valence-corrected chi connectivity index (χ1v) is 11.0. The number of benzene rings is 1. The van der Waals surface area contributed by atoms with E-state index in [0.717, 1.165) is 35.5 Å². The third-order valence-corrected chi connectivity index (χ3v) is 6.60. The van der Waals surface area contributed by atoms with Crippen LogP contribution in [0.2, 0.25) is 0 Å². The number of carbonyl (C=O) groups is 1. The molecule has 0 aliphatic carbocycles. The molecule has 1 atom stereocenters. The highest BCUT2D eigenvalue weighted by Gasteiger charge is 2.16. The van der Waals surface area contributed by atoms with Crippen LogP contribution in [-0.4, -0.2) is 39.8 Å². The molecule has 3 rings (SSSR count). The maximum atomic E-state index is 12.4. The molecule has 1 fully saturated rings. The van der Waals surface area contributed by atoms with Crippen molar-refractivity contribution in [2.75, 3.05) is 24.2 Å². The number of nitrogens with zero attached hydrogens (tertiary/aromatic N) is 3. The van der Waals surface area contributed by atoms with Crippen molar-refractivity contribution < 1.29 is 4.79 Å². The van der Waals surface area contributed by atoms with Gasteiger partial charge in [-0.1, -0.05) is 49.1 Å². The van der Waals surface area contributed by atoms with Gasteiger partial charge in [-0.2, -0.15) is 0 Å². The van der Waals surface area contributed by atoms with Crippen LogP contribution in [-0.2, 0) is 6.54 Å². The largest absolute Gasteiger partial charge is 0.299 e. The van der Waals surface area contributed by atoms with E-state index >= 15 is 0 Å². The summed E-state index contributed by atoms with van der Waals surface area (Å²) in [7, 11) is 0. The predicted molar refractivity (Wildman–Crippen MR) is 109 cm³/mol. The fraction of sp³-hybridized carbons (Fsp3) is 0.526. The zero-order chi connectivity index (χ0) is 18.4. The second-order valence-electron chi connectivity index (χ2n) is 6.86. The molecule has 1 aliphatic heterocycles. The number of rotatable bonds is 7. The highest BCUT2D eigenvalue weighted by atomic mass is 32.2. The number of amides is 1. The second-order valence-corrected chi connectivity index (χ2v) is 9.17. The first kappa shape index (κ1) is 19.3. The van der Waals surface area contributed by atoms with E-state index in [1.54, 1.807) is 11.8 Å². The van der Waals surface area contributed by atoms with Crippen LogP contribution in [0.5, 0.6) is 0 Å². The van der Waals surface area contributed by atoms with Gasteiger partial charge in [0, 0.05) is 24.4 Å². The average molecular weight is 391 g/mol.